The average Bonchev–Trinajstić information content (AvgIpc) is 3.73. The van der Waals surface area contributed by atoms with Gasteiger partial charge in [-0.1, -0.05) is 170 Å². The van der Waals surface area contributed by atoms with Crippen molar-refractivity contribution in [1.82, 2.24) is 0 Å². The highest BCUT2D eigenvalue weighted by molar-refractivity contribution is 5.97. The zero-order chi connectivity index (χ0) is 39.8. The number of aryl methyl sites for hydroxylation is 2. The number of hydrogen-bond acceptors (Lipinski definition) is 1. The van der Waals surface area contributed by atoms with E-state index in [2.05, 4.69) is 214 Å². The van der Waals surface area contributed by atoms with Gasteiger partial charge < -0.3 is 4.90 Å². The summed E-state index contributed by atoms with van der Waals surface area (Å²) in [6.07, 6.45) is 0. The van der Waals surface area contributed by atoms with Crippen molar-refractivity contribution in [3.8, 4) is 33.4 Å². The van der Waals surface area contributed by atoms with E-state index in [1.54, 1.807) is 0 Å². The molecule has 0 heterocycles. The molecule has 3 aliphatic rings. The molecule has 0 aromatic heterocycles. The molecule has 0 fully saturated rings. The van der Waals surface area contributed by atoms with E-state index in [1.807, 2.05) is 0 Å². The van der Waals surface area contributed by atoms with Crippen molar-refractivity contribution in [3.05, 3.63) is 195 Å². The summed E-state index contributed by atoms with van der Waals surface area (Å²) in [6, 6.07) is 54.3. The Morgan fingerprint density at radius 1 is 0.404 bits per heavy atom. The smallest absolute Gasteiger partial charge is 0.0726 e. The van der Waals surface area contributed by atoms with E-state index >= 15 is 0 Å². The molecule has 0 saturated heterocycles. The summed E-state index contributed by atoms with van der Waals surface area (Å²) < 4.78 is 0. The van der Waals surface area contributed by atoms with Gasteiger partial charge in [0.2, 0.25) is 0 Å². The molecule has 0 unspecified atom stereocenters. The van der Waals surface area contributed by atoms with Gasteiger partial charge in [0, 0.05) is 22.5 Å². The topological polar surface area (TPSA) is 3.24 Å². The highest BCUT2D eigenvalue weighted by atomic mass is 15.1. The van der Waals surface area contributed by atoms with Crippen LogP contribution < -0.4 is 4.90 Å². The Balaban J connectivity index is 1.28. The Bertz CT molecular complexity index is 2750. The van der Waals surface area contributed by atoms with Crippen LogP contribution in [0.3, 0.4) is 0 Å². The van der Waals surface area contributed by atoms with E-state index in [9.17, 15) is 0 Å². The molecule has 0 saturated carbocycles. The zero-order valence-electron chi connectivity index (χ0n) is 35.2. The molecule has 1 spiro atoms. The summed E-state index contributed by atoms with van der Waals surface area (Å²) in [6.45, 7) is 23.2. The number of fused-ring (bicyclic) bond motifs is 13. The highest BCUT2D eigenvalue weighted by Gasteiger charge is 2.52. The predicted octanol–water partition coefficient (Wildman–Crippen LogP) is 15.0. The van der Waals surface area contributed by atoms with Gasteiger partial charge in [0.1, 0.15) is 0 Å². The van der Waals surface area contributed by atoms with Crippen LogP contribution in [0, 0.1) is 13.8 Å². The third kappa shape index (κ3) is 5.00. The second kappa shape index (κ2) is 11.9. The molecule has 7 aromatic carbocycles. The maximum absolute atomic E-state index is 2.55. The maximum atomic E-state index is 2.55. The molecule has 0 N–H and O–H groups in total. The minimum Gasteiger partial charge on any atom is -0.310 e. The van der Waals surface area contributed by atoms with Crippen LogP contribution in [0.25, 0.3) is 33.4 Å². The summed E-state index contributed by atoms with van der Waals surface area (Å²) >= 11 is 0. The van der Waals surface area contributed by atoms with Crippen molar-refractivity contribution >= 4 is 17.1 Å². The fraction of sp³-hybridized carbons (Fsp3) is 0.250. The van der Waals surface area contributed by atoms with Gasteiger partial charge in [-0.2, -0.15) is 0 Å². The minimum absolute atomic E-state index is 0.00484. The molecule has 1 heteroatoms. The van der Waals surface area contributed by atoms with Crippen molar-refractivity contribution in [3.63, 3.8) is 0 Å². The Morgan fingerprint density at radius 3 is 1.47 bits per heavy atom. The normalized spacial score (nSPS) is 15.1. The third-order valence-electron chi connectivity index (χ3n) is 13.6. The molecule has 282 valence electrons. The quantitative estimate of drug-likeness (QED) is 0.174. The molecular weight excluding hydrogens is 687 g/mol. The lowest BCUT2D eigenvalue weighted by atomic mass is 9.68. The van der Waals surface area contributed by atoms with E-state index in [0.29, 0.717) is 0 Å². The SMILES string of the molecule is Cc1ccc(N(c2ccc3c(c2)-c2ccccc2C3(C)C)c2ccc3c(c2)C2(c4ccccc4-3)c3cc(C(C)(C)C)ccc3-c3ccc(C(C)(C)C)cc32)c(C)c1. The van der Waals surface area contributed by atoms with E-state index < -0.39 is 5.41 Å². The first-order valence-corrected chi connectivity index (χ1v) is 20.8. The van der Waals surface area contributed by atoms with Crippen molar-refractivity contribution < 1.29 is 0 Å². The number of rotatable bonds is 3. The van der Waals surface area contributed by atoms with Crippen LogP contribution in [-0.2, 0) is 21.7 Å². The fourth-order valence-corrected chi connectivity index (χ4v) is 10.6. The van der Waals surface area contributed by atoms with Gasteiger partial charge in [0.25, 0.3) is 0 Å². The third-order valence-corrected chi connectivity index (χ3v) is 13.6. The van der Waals surface area contributed by atoms with Crippen molar-refractivity contribution in [2.45, 2.75) is 90.9 Å². The van der Waals surface area contributed by atoms with Gasteiger partial charge >= 0.3 is 0 Å². The molecule has 0 aliphatic heterocycles. The van der Waals surface area contributed by atoms with Gasteiger partial charge in [-0.15, -0.1) is 0 Å². The Morgan fingerprint density at radius 2 is 0.877 bits per heavy atom. The molecular formula is C56H53N. The first-order chi connectivity index (χ1) is 27.1. The van der Waals surface area contributed by atoms with Crippen molar-refractivity contribution in [2.75, 3.05) is 4.90 Å². The lowest BCUT2D eigenvalue weighted by molar-refractivity contribution is 0.586. The maximum Gasteiger partial charge on any atom is 0.0726 e. The van der Waals surface area contributed by atoms with Gasteiger partial charge in [0.05, 0.1) is 5.41 Å². The lowest BCUT2D eigenvalue weighted by Gasteiger charge is -2.34. The molecule has 7 aromatic rings. The second-order valence-electron chi connectivity index (χ2n) is 19.6. The lowest BCUT2D eigenvalue weighted by Crippen LogP contribution is -2.27. The molecule has 0 atom stereocenters. The molecule has 57 heavy (non-hydrogen) atoms. The number of anilines is 3. The Kier molecular flexibility index (Phi) is 7.48. The van der Waals surface area contributed by atoms with Crippen LogP contribution >= 0.6 is 0 Å². The fourth-order valence-electron chi connectivity index (χ4n) is 10.6. The average molecular weight is 740 g/mol. The standard InChI is InChI=1S/C56H53N/c1-34-19-28-52(35(2)29-34)57(38-23-27-47-45(32-38)41-16-11-13-17-46(41)55(47,9)10)39-22-26-44-40-15-12-14-18-48(40)56(51(44)33-39)49-30-36(53(3,4)5)20-24-42(49)43-25-21-37(31-50(43)56)54(6,7)8/h11-33H,1-10H3. The van der Waals surface area contributed by atoms with Crippen LogP contribution in [0.15, 0.2) is 140 Å². The predicted molar refractivity (Wildman–Crippen MR) is 242 cm³/mol. The first kappa shape index (κ1) is 35.7. The minimum atomic E-state index is -0.468. The summed E-state index contributed by atoms with van der Waals surface area (Å²) in [4.78, 5) is 2.52. The molecule has 10 rings (SSSR count). The zero-order valence-corrected chi connectivity index (χ0v) is 35.2. The van der Waals surface area contributed by atoms with E-state index in [4.69, 9.17) is 0 Å². The Hall–Kier alpha value is -5.66. The first-order valence-electron chi connectivity index (χ1n) is 20.8. The van der Waals surface area contributed by atoms with Gasteiger partial charge in [-0.3, -0.25) is 0 Å². The summed E-state index contributed by atoms with van der Waals surface area (Å²) in [5, 5.41) is 0. The number of hydrogen-bond donors (Lipinski definition) is 0. The summed E-state index contributed by atoms with van der Waals surface area (Å²) in [5.41, 5.74) is 24.6. The molecule has 0 radical (unpaired) electrons. The summed E-state index contributed by atoms with van der Waals surface area (Å²) in [5.74, 6) is 0. The molecule has 0 amide bonds. The monoisotopic (exact) mass is 739 g/mol. The van der Waals surface area contributed by atoms with Gasteiger partial charge in [-0.25, -0.2) is 0 Å². The van der Waals surface area contributed by atoms with Crippen LogP contribution in [0.2, 0.25) is 0 Å². The number of nitrogens with zero attached hydrogens (tertiary/aromatic N) is 1. The van der Waals surface area contributed by atoms with E-state index in [1.165, 1.54) is 106 Å². The van der Waals surface area contributed by atoms with Crippen LogP contribution in [0.5, 0.6) is 0 Å². The molecule has 1 nitrogen and oxygen atoms in total. The van der Waals surface area contributed by atoms with Crippen LogP contribution in [-0.4, -0.2) is 0 Å². The highest BCUT2D eigenvalue weighted by Crippen LogP contribution is 2.64. The van der Waals surface area contributed by atoms with Crippen LogP contribution in [0.1, 0.15) is 111 Å². The van der Waals surface area contributed by atoms with Gasteiger partial charge in [0.15, 0.2) is 0 Å². The number of benzene rings is 7. The van der Waals surface area contributed by atoms with E-state index in [-0.39, 0.29) is 16.2 Å². The van der Waals surface area contributed by atoms with Gasteiger partial charge in [-0.05, 0) is 138 Å². The largest absolute Gasteiger partial charge is 0.310 e. The summed E-state index contributed by atoms with van der Waals surface area (Å²) in [7, 11) is 0. The van der Waals surface area contributed by atoms with E-state index in [0.717, 1.165) is 0 Å². The van der Waals surface area contributed by atoms with Crippen molar-refractivity contribution in [2.24, 2.45) is 0 Å². The second-order valence-corrected chi connectivity index (χ2v) is 19.6. The van der Waals surface area contributed by atoms with Crippen LogP contribution in [0.4, 0.5) is 17.1 Å². The molecule has 0 bridgehead atoms. The Labute approximate surface area is 340 Å². The molecule has 3 aliphatic carbocycles. The van der Waals surface area contributed by atoms with Crippen molar-refractivity contribution in [1.29, 1.82) is 0 Å².